The van der Waals surface area contributed by atoms with E-state index in [-0.39, 0.29) is 23.8 Å². The summed E-state index contributed by atoms with van der Waals surface area (Å²) in [6, 6.07) is 6.84. The molecule has 2 saturated heterocycles. The van der Waals surface area contributed by atoms with Crippen LogP contribution in [0.2, 0.25) is 0 Å². The molecular formula is C21H26N2O4. The number of rotatable bonds is 3. The highest BCUT2D eigenvalue weighted by molar-refractivity contribution is 6.00. The summed E-state index contributed by atoms with van der Waals surface area (Å²) in [5, 5.41) is 0. The Hall–Kier alpha value is -2.37. The molecule has 1 saturated carbocycles. The lowest BCUT2D eigenvalue weighted by Crippen LogP contribution is -2.46. The number of esters is 1. The summed E-state index contributed by atoms with van der Waals surface area (Å²) in [6.45, 7) is 0.690. The summed E-state index contributed by atoms with van der Waals surface area (Å²) in [7, 11) is 1.38. The molecule has 1 aliphatic carbocycles. The van der Waals surface area contributed by atoms with Gasteiger partial charge in [-0.15, -0.1) is 0 Å². The molecule has 2 amide bonds. The third kappa shape index (κ3) is 3.22. The highest BCUT2D eigenvalue weighted by Crippen LogP contribution is 2.41. The van der Waals surface area contributed by atoms with Gasteiger partial charge in [-0.1, -0.05) is 18.9 Å². The molecule has 144 valence electrons. The van der Waals surface area contributed by atoms with Crippen molar-refractivity contribution >= 4 is 23.5 Å². The third-order valence-electron chi connectivity index (χ3n) is 6.27. The predicted octanol–water partition coefficient (Wildman–Crippen LogP) is 2.76. The Labute approximate surface area is 159 Å². The van der Waals surface area contributed by atoms with E-state index in [1.165, 1.54) is 7.11 Å². The molecule has 1 aromatic carbocycles. The Morgan fingerprint density at radius 2 is 1.96 bits per heavy atom. The molecule has 1 aromatic rings. The van der Waals surface area contributed by atoms with E-state index in [1.807, 2.05) is 12.1 Å². The molecular weight excluding hydrogens is 344 g/mol. The zero-order valence-electron chi connectivity index (χ0n) is 15.7. The minimum Gasteiger partial charge on any atom is -0.467 e. The molecule has 0 radical (unpaired) electrons. The molecule has 6 nitrogen and oxygen atoms in total. The number of ether oxygens (including phenoxy) is 1. The van der Waals surface area contributed by atoms with Gasteiger partial charge in [0.25, 0.3) is 5.91 Å². The molecule has 27 heavy (non-hydrogen) atoms. The second kappa shape index (κ2) is 7.33. The molecule has 4 rings (SSSR count). The number of nitrogens with zero attached hydrogens (tertiary/aromatic N) is 2. The van der Waals surface area contributed by atoms with Crippen LogP contribution < -0.4 is 4.90 Å². The van der Waals surface area contributed by atoms with Crippen molar-refractivity contribution in [3.8, 4) is 0 Å². The first-order chi connectivity index (χ1) is 13.1. The quantitative estimate of drug-likeness (QED) is 0.768. The molecule has 2 heterocycles. The summed E-state index contributed by atoms with van der Waals surface area (Å²) in [5.74, 6) is 0.00705. The van der Waals surface area contributed by atoms with Gasteiger partial charge in [0.05, 0.1) is 7.11 Å². The van der Waals surface area contributed by atoms with Crippen molar-refractivity contribution in [2.45, 2.75) is 57.0 Å². The minimum atomic E-state index is -0.507. The zero-order chi connectivity index (χ0) is 19.0. The number of hydrogen-bond acceptors (Lipinski definition) is 4. The lowest BCUT2D eigenvalue weighted by Gasteiger charge is -2.33. The lowest BCUT2D eigenvalue weighted by atomic mass is 9.84. The monoisotopic (exact) mass is 370 g/mol. The van der Waals surface area contributed by atoms with E-state index in [0.717, 1.165) is 37.8 Å². The van der Waals surface area contributed by atoms with Crippen molar-refractivity contribution in [2.24, 2.45) is 5.92 Å². The smallest absolute Gasteiger partial charge is 0.328 e. The summed E-state index contributed by atoms with van der Waals surface area (Å²) >= 11 is 0. The summed E-state index contributed by atoms with van der Waals surface area (Å²) in [5.41, 5.74) is 1.30. The Morgan fingerprint density at radius 1 is 1.15 bits per heavy atom. The molecule has 6 heteroatoms. The van der Waals surface area contributed by atoms with Crippen molar-refractivity contribution in [3.05, 3.63) is 29.8 Å². The topological polar surface area (TPSA) is 66.9 Å². The first-order valence-corrected chi connectivity index (χ1v) is 9.91. The van der Waals surface area contributed by atoms with Gasteiger partial charge in [-0.05, 0) is 49.8 Å². The number of hydrogen-bond donors (Lipinski definition) is 0. The van der Waals surface area contributed by atoms with E-state index in [4.69, 9.17) is 4.74 Å². The second-order valence-corrected chi connectivity index (χ2v) is 7.80. The number of methoxy groups -OCH3 is 1. The molecule has 2 aliphatic heterocycles. The Morgan fingerprint density at radius 3 is 2.70 bits per heavy atom. The van der Waals surface area contributed by atoms with Gasteiger partial charge in [0.15, 0.2) is 0 Å². The van der Waals surface area contributed by atoms with E-state index >= 15 is 0 Å². The van der Waals surface area contributed by atoms with E-state index in [2.05, 4.69) is 0 Å². The highest BCUT2D eigenvalue weighted by atomic mass is 16.5. The molecule has 0 spiro atoms. The molecule has 3 fully saturated rings. The second-order valence-electron chi connectivity index (χ2n) is 7.80. The van der Waals surface area contributed by atoms with E-state index < -0.39 is 6.04 Å². The van der Waals surface area contributed by atoms with E-state index in [9.17, 15) is 14.4 Å². The van der Waals surface area contributed by atoms with Crippen LogP contribution in [0, 0.1) is 5.92 Å². The average molecular weight is 370 g/mol. The minimum absolute atomic E-state index is 0.0977. The number of carbonyl (C=O) groups is 3. The van der Waals surface area contributed by atoms with Crippen LogP contribution in [0.1, 0.15) is 55.3 Å². The number of amides is 2. The van der Waals surface area contributed by atoms with Crippen LogP contribution in [0.15, 0.2) is 24.3 Å². The van der Waals surface area contributed by atoms with E-state index in [1.54, 1.807) is 21.9 Å². The molecule has 3 aliphatic rings. The Balaban J connectivity index is 1.63. The van der Waals surface area contributed by atoms with Gasteiger partial charge in [0, 0.05) is 30.3 Å². The van der Waals surface area contributed by atoms with Gasteiger partial charge in [0.1, 0.15) is 6.04 Å². The molecule has 3 unspecified atom stereocenters. The number of likely N-dealkylation sites (tertiary alicyclic amines) is 1. The Bertz CT molecular complexity index is 762. The summed E-state index contributed by atoms with van der Waals surface area (Å²) < 4.78 is 4.99. The van der Waals surface area contributed by atoms with Gasteiger partial charge in [-0.25, -0.2) is 4.79 Å². The highest BCUT2D eigenvalue weighted by Gasteiger charge is 2.48. The fourth-order valence-electron chi connectivity index (χ4n) is 4.98. The van der Waals surface area contributed by atoms with Gasteiger partial charge in [0.2, 0.25) is 5.91 Å². The van der Waals surface area contributed by atoms with Gasteiger partial charge >= 0.3 is 5.97 Å². The first kappa shape index (κ1) is 18.0. The predicted molar refractivity (Wildman–Crippen MR) is 100 cm³/mol. The number of benzene rings is 1. The van der Waals surface area contributed by atoms with Crippen LogP contribution >= 0.6 is 0 Å². The molecule has 3 atom stereocenters. The van der Waals surface area contributed by atoms with Gasteiger partial charge in [-0.2, -0.15) is 0 Å². The molecule has 0 aromatic heterocycles. The maximum absolute atomic E-state index is 13.4. The van der Waals surface area contributed by atoms with Crippen LogP contribution in [0.25, 0.3) is 0 Å². The maximum atomic E-state index is 13.4. The van der Waals surface area contributed by atoms with Crippen molar-refractivity contribution in [3.63, 3.8) is 0 Å². The average Bonchev–Trinajstić information content (AvgIpc) is 3.30. The van der Waals surface area contributed by atoms with Crippen molar-refractivity contribution in [2.75, 3.05) is 18.6 Å². The van der Waals surface area contributed by atoms with Crippen molar-refractivity contribution in [1.29, 1.82) is 0 Å². The first-order valence-electron chi connectivity index (χ1n) is 9.91. The van der Waals surface area contributed by atoms with Crippen LogP contribution in [-0.4, -0.2) is 48.4 Å². The maximum Gasteiger partial charge on any atom is 0.328 e. The SMILES string of the molecule is COC(=O)C1CC2CCCCC2N1C(=O)c1cccc(N2CCCC2=O)c1. The van der Waals surface area contributed by atoms with Crippen molar-refractivity contribution < 1.29 is 19.1 Å². The molecule has 0 N–H and O–H groups in total. The Kier molecular flexibility index (Phi) is 4.89. The van der Waals surface area contributed by atoms with Crippen molar-refractivity contribution in [1.82, 2.24) is 4.90 Å². The standard InChI is InChI=1S/C21H26N2O4/c1-27-21(26)18-13-14-6-2-3-9-17(14)23(18)20(25)15-7-4-8-16(12-15)22-11-5-10-19(22)24/h4,7-8,12,14,17-18H,2-3,5-6,9-11,13H2,1H3. The van der Waals surface area contributed by atoms with Crippen LogP contribution in [0.3, 0.4) is 0 Å². The van der Waals surface area contributed by atoms with Crippen LogP contribution in [0.5, 0.6) is 0 Å². The van der Waals surface area contributed by atoms with Crippen LogP contribution in [0.4, 0.5) is 5.69 Å². The number of fused-ring (bicyclic) bond motifs is 1. The number of anilines is 1. The zero-order valence-corrected chi connectivity index (χ0v) is 15.7. The van der Waals surface area contributed by atoms with Gasteiger partial charge in [-0.3, -0.25) is 9.59 Å². The lowest BCUT2D eigenvalue weighted by molar-refractivity contribution is -0.145. The third-order valence-corrected chi connectivity index (χ3v) is 6.27. The fourth-order valence-corrected chi connectivity index (χ4v) is 4.98. The summed E-state index contributed by atoms with van der Waals surface area (Å²) in [6.07, 6.45) is 6.33. The number of carbonyl (C=O) groups excluding carboxylic acids is 3. The molecule has 0 bridgehead atoms. The van der Waals surface area contributed by atoms with E-state index in [0.29, 0.717) is 30.9 Å². The largest absolute Gasteiger partial charge is 0.467 e. The van der Waals surface area contributed by atoms with Gasteiger partial charge < -0.3 is 14.5 Å². The summed E-state index contributed by atoms with van der Waals surface area (Å²) in [4.78, 5) is 41.3. The fraction of sp³-hybridized carbons (Fsp3) is 0.571. The van der Waals surface area contributed by atoms with Crippen LogP contribution in [-0.2, 0) is 14.3 Å². The normalized spacial score (nSPS) is 27.6.